The summed E-state index contributed by atoms with van der Waals surface area (Å²) in [5, 5.41) is 0. The zero-order valence-electron chi connectivity index (χ0n) is 16.0. The largest absolute Gasteiger partial charge is 0.495 e. The molecule has 1 saturated heterocycles. The Morgan fingerprint density at radius 3 is 2.35 bits per heavy atom. The number of ether oxygens (including phenoxy) is 1. The van der Waals surface area contributed by atoms with Gasteiger partial charge in [-0.1, -0.05) is 26.0 Å². The number of hydrogen-bond acceptors (Lipinski definition) is 5. The Balaban J connectivity index is 1.97. The molecule has 1 aromatic carbocycles. The number of anilines is 1. The van der Waals surface area contributed by atoms with Crippen molar-refractivity contribution in [3.63, 3.8) is 0 Å². The average Bonchev–Trinajstić information content (AvgIpc) is 2.60. The minimum absolute atomic E-state index is 0.0916. The van der Waals surface area contributed by atoms with E-state index in [9.17, 15) is 13.2 Å². The predicted molar refractivity (Wildman–Crippen MR) is 103 cm³/mol. The lowest BCUT2D eigenvalue weighted by molar-refractivity contribution is -0.131. The second-order valence-electron chi connectivity index (χ2n) is 6.99. The van der Waals surface area contributed by atoms with Crippen molar-refractivity contribution >= 4 is 21.6 Å². The zero-order valence-corrected chi connectivity index (χ0v) is 16.8. The number of sulfonamides is 1. The van der Waals surface area contributed by atoms with Crippen LogP contribution in [0.4, 0.5) is 5.69 Å². The van der Waals surface area contributed by atoms with Gasteiger partial charge in [0.05, 0.1) is 25.6 Å². The van der Waals surface area contributed by atoms with Gasteiger partial charge >= 0.3 is 0 Å². The predicted octanol–water partition coefficient (Wildman–Crippen LogP) is 1.26. The summed E-state index contributed by atoms with van der Waals surface area (Å²) in [5.74, 6) is 0.836. The fourth-order valence-corrected chi connectivity index (χ4v) is 3.98. The molecular weight excluding hydrogens is 354 g/mol. The minimum Gasteiger partial charge on any atom is -0.495 e. The summed E-state index contributed by atoms with van der Waals surface area (Å²) in [5.41, 5.74) is 1.01. The maximum atomic E-state index is 12.6. The van der Waals surface area contributed by atoms with Crippen LogP contribution >= 0.6 is 0 Å². The summed E-state index contributed by atoms with van der Waals surface area (Å²) in [4.78, 5) is 16.5. The lowest BCUT2D eigenvalue weighted by Crippen LogP contribution is -2.52. The second-order valence-corrected chi connectivity index (χ2v) is 8.97. The van der Waals surface area contributed by atoms with Crippen molar-refractivity contribution in [3.8, 4) is 5.75 Å². The highest BCUT2D eigenvalue weighted by molar-refractivity contribution is 7.88. The van der Waals surface area contributed by atoms with E-state index in [1.165, 1.54) is 4.31 Å². The Morgan fingerprint density at radius 1 is 1.19 bits per heavy atom. The molecule has 1 heterocycles. The van der Waals surface area contributed by atoms with Crippen LogP contribution in [-0.4, -0.2) is 76.2 Å². The number of benzene rings is 1. The third-order valence-corrected chi connectivity index (χ3v) is 5.62. The number of hydrogen-bond donors (Lipinski definition) is 0. The van der Waals surface area contributed by atoms with Crippen molar-refractivity contribution in [2.45, 2.75) is 13.8 Å². The first-order chi connectivity index (χ1) is 12.2. The lowest BCUT2D eigenvalue weighted by Gasteiger charge is -2.37. The summed E-state index contributed by atoms with van der Waals surface area (Å²) in [7, 11) is -1.75. The van der Waals surface area contributed by atoms with Gasteiger partial charge in [0.15, 0.2) is 0 Å². The van der Waals surface area contributed by atoms with Crippen LogP contribution in [0.3, 0.4) is 0 Å². The average molecular weight is 384 g/mol. The highest BCUT2D eigenvalue weighted by Gasteiger charge is 2.27. The monoisotopic (exact) mass is 383 g/mol. The summed E-state index contributed by atoms with van der Waals surface area (Å²) >= 11 is 0. The number of carbonyl (C=O) groups excluding carboxylic acids is 1. The van der Waals surface area contributed by atoms with Crippen LogP contribution in [0.15, 0.2) is 24.3 Å². The Kier molecular flexibility index (Phi) is 6.88. The number of carbonyl (C=O) groups is 1. The molecule has 0 radical (unpaired) electrons. The quantitative estimate of drug-likeness (QED) is 0.709. The Hall–Kier alpha value is -1.80. The van der Waals surface area contributed by atoms with E-state index >= 15 is 0 Å². The number of para-hydroxylation sites is 2. The van der Waals surface area contributed by atoms with Crippen LogP contribution < -0.4 is 9.64 Å². The molecule has 1 amide bonds. The molecule has 26 heavy (non-hydrogen) atoms. The van der Waals surface area contributed by atoms with Gasteiger partial charge in [0.2, 0.25) is 15.9 Å². The first-order valence-corrected chi connectivity index (χ1v) is 10.7. The fraction of sp³-hybridized carbons (Fsp3) is 0.611. The third-order valence-electron chi connectivity index (χ3n) is 4.41. The highest BCUT2D eigenvalue weighted by Crippen LogP contribution is 2.28. The summed E-state index contributed by atoms with van der Waals surface area (Å²) in [6, 6.07) is 7.81. The molecule has 0 N–H and O–H groups in total. The zero-order chi connectivity index (χ0) is 19.3. The van der Waals surface area contributed by atoms with E-state index in [1.807, 2.05) is 38.1 Å². The molecule has 0 aromatic heterocycles. The van der Waals surface area contributed by atoms with E-state index < -0.39 is 10.0 Å². The van der Waals surface area contributed by atoms with E-state index in [-0.39, 0.29) is 18.4 Å². The van der Waals surface area contributed by atoms with Crippen LogP contribution in [0, 0.1) is 5.92 Å². The van der Waals surface area contributed by atoms with E-state index in [0.29, 0.717) is 32.7 Å². The van der Waals surface area contributed by atoms with Gasteiger partial charge in [-0.05, 0) is 18.1 Å². The third kappa shape index (κ3) is 5.35. The normalized spacial score (nSPS) is 15.6. The molecular formula is C18H29N3O4S. The maximum absolute atomic E-state index is 12.6. The smallest absolute Gasteiger partial charge is 0.238 e. The van der Waals surface area contributed by atoms with Crippen molar-refractivity contribution in [2.24, 2.45) is 5.92 Å². The lowest BCUT2D eigenvalue weighted by atomic mass is 10.2. The number of methoxy groups -OCH3 is 1. The highest BCUT2D eigenvalue weighted by atomic mass is 32.2. The van der Waals surface area contributed by atoms with Crippen molar-refractivity contribution < 1.29 is 17.9 Å². The molecule has 146 valence electrons. The fourth-order valence-electron chi connectivity index (χ4n) is 3.06. The van der Waals surface area contributed by atoms with Crippen molar-refractivity contribution in [1.29, 1.82) is 0 Å². The molecule has 2 rings (SSSR count). The Bertz CT molecular complexity index is 713. The van der Waals surface area contributed by atoms with Crippen LogP contribution in [0.1, 0.15) is 13.8 Å². The van der Waals surface area contributed by atoms with E-state index in [1.54, 1.807) is 12.0 Å². The molecule has 8 heteroatoms. The molecule has 0 aliphatic carbocycles. The molecule has 0 saturated carbocycles. The number of nitrogens with zero attached hydrogens (tertiary/aromatic N) is 3. The van der Waals surface area contributed by atoms with Crippen molar-refractivity contribution in [3.05, 3.63) is 24.3 Å². The topological polar surface area (TPSA) is 70.2 Å². The van der Waals surface area contributed by atoms with Gasteiger partial charge in [0.25, 0.3) is 0 Å². The number of rotatable bonds is 7. The van der Waals surface area contributed by atoms with Crippen LogP contribution in [0.25, 0.3) is 0 Å². The molecule has 0 spiro atoms. The van der Waals surface area contributed by atoms with Gasteiger partial charge < -0.3 is 14.5 Å². The summed E-state index contributed by atoms with van der Waals surface area (Å²) < 4.78 is 30.5. The SMILES string of the molecule is COc1ccccc1N1CCN(C(=O)CN(CC(C)C)S(C)(=O)=O)CC1. The van der Waals surface area contributed by atoms with Gasteiger partial charge in [-0.25, -0.2) is 8.42 Å². The van der Waals surface area contributed by atoms with Gasteiger partial charge in [-0.15, -0.1) is 0 Å². The molecule has 1 aliphatic rings. The first-order valence-electron chi connectivity index (χ1n) is 8.83. The van der Waals surface area contributed by atoms with Crippen LogP contribution in [0.2, 0.25) is 0 Å². The first kappa shape index (κ1) is 20.5. The van der Waals surface area contributed by atoms with Crippen LogP contribution in [0.5, 0.6) is 5.75 Å². The van der Waals surface area contributed by atoms with Crippen LogP contribution in [-0.2, 0) is 14.8 Å². The van der Waals surface area contributed by atoms with Gasteiger partial charge in [-0.3, -0.25) is 4.79 Å². The van der Waals surface area contributed by atoms with Crippen molar-refractivity contribution in [1.82, 2.24) is 9.21 Å². The van der Waals surface area contributed by atoms with E-state index in [0.717, 1.165) is 17.7 Å². The molecule has 1 fully saturated rings. The van der Waals surface area contributed by atoms with Gasteiger partial charge in [0.1, 0.15) is 5.75 Å². The summed E-state index contributed by atoms with van der Waals surface area (Å²) in [6.07, 6.45) is 1.16. The Labute approximate surface area is 156 Å². The van der Waals surface area contributed by atoms with Gasteiger partial charge in [-0.2, -0.15) is 4.31 Å². The van der Waals surface area contributed by atoms with E-state index in [4.69, 9.17) is 4.74 Å². The van der Waals surface area contributed by atoms with Crippen molar-refractivity contribution in [2.75, 3.05) is 57.5 Å². The minimum atomic E-state index is -3.40. The summed E-state index contributed by atoms with van der Waals surface area (Å²) in [6.45, 7) is 6.65. The van der Waals surface area contributed by atoms with Gasteiger partial charge in [0, 0.05) is 32.7 Å². The molecule has 0 atom stereocenters. The molecule has 1 aromatic rings. The van der Waals surface area contributed by atoms with E-state index in [2.05, 4.69) is 4.90 Å². The Morgan fingerprint density at radius 2 is 1.81 bits per heavy atom. The number of amides is 1. The molecule has 0 unspecified atom stereocenters. The molecule has 0 bridgehead atoms. The molecule has 1 aliphatic heterocycles. The number of piperazine rings is 1. The molecule has 7 nitrogen and oxygen atoms in total. The standard InChI is InChI=1S/C18H29N3O4S/c1-15(2)13-21(26(4,23)24)14-18(22)20-11-9-19(10-12-20)16-7-5-6-8-17(16)25-3/h5-8,15H,9-14H2,1-4H3. The maximum Gasteiger partial charge on any atom is 0.238 e. The second kappa shape index (κ2) is 8.73.